The topological polar surface area (TPSA) is 85.3 Å². The lowest BCUT2D eigenvalue weighted by molar-refractivity contribution is 0.431. The van der Waals surface area contributed by atoms with E-state index >= 15 is 0 Å². The van der Waals surface area contributed by atoms with Crippen molar-refractivity contribution in [3.05, 3.63) is 108 Å². The van der Waals surface area contributed by atoms with Gasteiger partial charge in [-0.3, -0.25) is 14.5 Å². The largest absolute Gasteiger partial charge is 0.506 e. The summed E-state index contributed by atoms with van der Waals surface area (Å²) >= 11 is 0. The maximum absolute atomic E-state index is 12.3. The van der Waals surface area contributed by atoms with Gasteiger partial charge in [-0.05, 0) is 29.8 Å². The summed E-state index contributed by atoms with van der Waals surface area (Å²) in [4.78, 5) is 16.5. The molecule has 0 unspecified atom stereocenters. The summed E-state index contributed by atoms with van der Waals surface area (Å²) in [6.45, 7) is 7.56. The second kappa shape index (κ2) is 8.79. The summed E-state index contributed by atoms with van der Waals surface area (Å²) in [5.41, 5.74) is 3.59. The number of aromatic nitrogens is 4. The molecule has 29 heavy (non-hydrogen) atoms. The zero-order valence-electron chi connectivity index (χ0n) is 16.1. The average Bonchev–Trinajstić information content (AvgIpc) is 3.16. The van der Waals surface area contributed by atoms with Crippen molar-refractivity contribution in [2.45, 2.75) is 6.54 Å². The maximum Gasteiger partial charge on any atom is 0.267 e. The van der Waals surface area contributed by atoms with Crippen LogP contribution in [0.15, 0.2) is 95.8 Å². The van der Waals surface area contributed by atoms with Gasteiger partial charge in [0.05, 0.1) is 30.3 Å². The highest BCUT2D eigenvalue weighted by molar-refractivity contribution is 6.08. The van der Waals surface area contributed by atoms with Gasteiger partial charge in [-0.1, -0.05) is 31.4 Å². The first kappa shape index (κ1) is 19.8. The smallest absolute Gasteiger partial charge is 0.267 e. The monoisotopic (exact) mass is 387 g/mol. The Kier molecular flexibility index (Phi) is 5.99. The quantitative estimate of drug-likeness (QED) is 0.383. The van der Waals surface area contributed by atoms with Gasteiger partial charge in [0.15, 0.2) is 0 Å². The van der Waals surface area contributed by atoms with Crippen molar-refractivity contribution >= 4 is 5.71 Å². The van der Waals surface area contributed by atoms with E-state index in [4.69, 9.17) is 0 Å². The fraction of sp³-hybridized carbons (Fsp3) is 0.0909. The van der Waals surface area contributed by atoms with Crippen LogP contribution in [0, 0.1) is 0 Å². The molecule has 0 amide bonds. The summed E-state index contributed by atoms with van der Waals surface area (Å²) < 4.78 is 3.10. The molecule has 2 aromatic heterocycles. The molecule has 0 radical (unpaired) electrons. The fourth-order valence-electron chi connectivity index (χ4n) is 2.71. The molecule has 0 aliphatic heterocycles. The molecular formula is C22H21N5O2. The van der Waals surface area contributed by atoms with Gasteiger partial charge in [-0.2, -0.15) is 10.2 Å². The third-order valence-corrected chi connectivity index (χ3v) is 4.16. The SMILES string of the molecule is C=CC(=N/C=C(/O)C=C)c1cccc(Cn2nc(-c3cnn(C)c3)ccc2=O)c1. The van der Waals surface area contributed by atoms with E-state index in [0.717, 1.165) is 16.7 Å². The normalized spacial score (nSPS) is 12.0. The van der Waals surface area contributed by atoms with Crippen LogP contribution >= 0.6 is 0 Å². The predicted octanol–water partition coefficient (Wildman–Crippen LogP) is 3.25. The molecule has 0 saturated carbocycles. The third-order valence-electron chi connectivity index (χ3n) is 4.16. The minimum atomic E-state index is -0.195. The van der Waals surface area contributed by atoms with Gasteiger partial charge >= 0.3 is 0 Å². The molecule has 146 valence electrons. The third kappa shape index (κ3) is 4.84. The van der Waals surface area contributed by atoms with E-state index in [1.54, 1.807) is 23.0 Å². The van der Waals surface area contributed by atoms with Crippen molar-refractivity contribution in [1.82, 2.24) is 19.6 Å². The Labute approximate surface area is 168 Å². The molecule has 0 atom stereocenters. The molecule has 0 aliphatic carbocycles. The van der Waals surface area contributed by atoms with Crippen molar-refractivity contribution in [3.8, 4) is 11.3 Å². The summed E-state index contributed by atoms with van der Waals surface area (Å²) in [5.74, 6) is -0.0385. The Morgan fingerprint density at radius 1 is 1.24 bits per heavy atom. The van der Waals surface area contributed by atoms with Crippen LogP contribution < -0.4 is 5.56 Å². The molecule has 3 aromatic rings. The molecule has 1 aromatic carbocycles. The second-order valence-electron chi connectivity index (χ2n) is 6.29. The van der Waals surface area contributed by atoms with E-state index in [1.807, 2.05) is 37.5 Å². The Morgan fingerprint density at radius 2 is 2.07 bits per heavy atom. The number of aliphatic imine (C=N–C) groups is 1. The lowest BCUT2D eigenvalue weighted by Gasteiger charge is -2.08. The van der Waals surface area contributed by atoms with Gasteiger partial charge in [0.1, 0.15) is 5.76 Å². The maximum atomic E-state index is 12.3. The number of rotatable bonds is 7. The molecular weight excluding hydrogens is 366 g/mol. The highest BCUT2D eigenvalue weighted by Gasteiger charge is 2.07. The molecule has 0 fully saturated rings. The van der Waals surface area contributed by atoms with Gasteiger partial charge in [0, 0.05) is 30.4 Å². The van der Waals surface area contributed by atoms with Crippen LogP contribution in [0.4, 0.5) is 0 Å². The van der Waals surface area contributed by atoms with Crippen LogP contribution in [-0.2, 0) is 13.6 Å². The van der Waals surface area contributed by atoms with Gasteiger partial charge in [0.25, 0.3) is 5.56 Å². The first-order valence-electron chi connectivity index (χ1n) is 8.88. The lowest BCUT2D eigenvalue weighted by Crippen LogP contribution is -2.22. The second-order valence-corrected chi connectivity index (χ2v) is 6.29. The van der Waals surface area contributed by atoms with Crippen LogP contribution in [-0.4, -0.2) is 30.4 Å². The van der Waals surface area contributed by atoms with Crippen molar-refractivity contribution < 1.29 is 5.11 Å². The van der Waals surface area contributed by atoms with E-state index in [0.29, 0.717) is 18.0 Å². The summed E-state index contributed by atoms with van der Waals surface area (Å²) in [5, 5.41) is 18.1. The average molecular weight is 387 g/mol. The minimum Gasteiger partial charge on any atom is -0.506 e. The van der Waals surface area contributed by atoms with Crippen LogP contribution in [0.1, 0.15) is 11.1 Å². The van der Waals surface area contributed by atoms with E-state index in [2.05, 4.69) is 28.3 Å². The van der Waals surface area contributed by atoms with Crippen molar-refractivity contribution in [2.75, 3.05) is 0 Å². The molecule has 0 spiro atoms. The van der Waals surface area contributed by atoms with Crippen LogP contribution in [0.2, 0.25) is 0 Å². The summed E-state index contributed by atoms with van der Waals surface area (Å²) in [6, 6.07) is 10.8. The Bertz CT molecular complexity index is 1170. The molecule has 0 saturated heterocycles. The number of nitrogens with zero attached hydrogens (tertiary/aromatic N) is 5. The number of allylic oxidation sites excluding steroid dienone is 2. The number of hydrogen-bond acceptors (Lipinski definition) is 5. The minimum absolute atomic E-state index is 0.0385. The van der Waals surface area contributed by atoms with Crippen molar-refractivity contribution in [1.29, 1.82) is 0 Å². The molecule has 0 aliphatic rings. The van der Waals surface area contributed by atoms with Gasteiger partial charge in [0.2, 0.25) is 0 Å². The predicted molar refractivity (Wildman–Crippen MR) is 114 cm³/mol. The Balaban J connectivity index is 1.91. The fourth-order valence-corrected chi connectivity index (χ4v) is 2.71. The van der Waals surface area contributed by atoms with E-state index in [9.17, 15) is 9.90 Å². The summed E-state index contributed by atoms with van der Waals surface area (Å²) in [6.07, 6.45) is 7.75. The van der Waals surface area contributed by atoms with Gasteiger partial charge in [-0.15, -0.1) is 0 Å². The molecule has 3 rings (SSSR count). The Hall–Kier alpha value is -4.00. The number of aliphatic hydroxyl groups is 1. The number of aliphatic hydroxyl groups excluding tert-OH is 1. The standard InChI is InChI=1S/C22H21N5O2/c1-4-19(28)13-23-20(5-2)17-8-6-7-16(11-17)14-27-22(29)10-9-21(25-27)18-12-24-26(3)15-18/h4-13,15,28H,1-2,14H2,3H3/b19-13+,23-20?. The van der Waals surface area contributed by atoms with E-state index in [-0.39, 0.29) is 11.3 Å². The summed E-state index contributed by atoms with van der Waals surface area (Å²) in [7, 11) is 1.83. The van der Waals surface area contributed by atoms with Gasteiger partial charge in [-0.25, -0.2) is 4.68 Å². The molecule has 0 bridgehead atoms. The van der Waals surface area contributed by atoms with E-state index < -0.39 is 0 Å². The number of benzene rings is 1. The molecule has 1 N–H and O–H groups in total. The number of aryl methyl sites for hydroxylation is 1. The zero-order valence-corrected chi connectivity index (χ0v) is 16.1. The highest BCUT2D eigenvalue weighted by Crippen LogP contribution is 2.14. The molecule has 2 heterocycles. The van der Waals surface area contributed by atoms with Crippen LogP contribution in [0.5, 0.6) is 0 Å². The van der Waals surface area contributed by atoms with E-state index in [1.165, 1.54) is 23.0 Å². The Morgan fingerprint density at radius 3 is 2.76 bits per heavy atom. The highest BCUT2D eigenvalue weighted by atomic mass is 16.3. The van der Waals surface area contributed by atoms with Crippen LogP contribution in [0.3, 0.4) is 0 Å². The number of hydrogen-bond donors (Lipinski definition) is 1. The van der Waals surface area contributed by atoms with Crippen molar-refractivity contribution in [2.24, 2.45) is 12.0 Å². The molecule has 7 nitrogen and oxygen atoms in total. The molecule has 7 heteroatoms. The van der Waals surface area contributed by atoms with Crippen molar-refractivity contribution in [3.63, 3.8) is 0 Å². The first-order chi connectivity index (χ1) is 14.0. The first-order valence-corrected chi connectivity index (χ1v) is 8.88. The lowest BCUT2D eigenvalue weighted by atomic mass is 10.1. The van der Waals surface area contributed by atoms with Gasteiger partial charge < -0.3 is 5.11 Å². The zero-order chi connectivity index (χ0) is 20.8. The van der Waals surface area contributed by atoms with Crippen LogP contribution in [0.25, 0.3) is 11.3 Å².